The smallest absolute Gasteiger partial charge is 0.0622 e. The standard InChI is InChI=1S/C11H23N3/c1-4-14(5-2)10-11(3)13-9-7-6-8-12/h11,13H,4-7,9-10H2,1-3H3. The fraction of sp³-hybridized carbons (Fsp3) is 0.909. The van der Waals surface area contributed by atoms with Crippen LogP contribution >= 0.6 is 0 Å². The first-order valence-corrected chi connectivity index (χ1v) is 5.57. The Morgan fingerprint density at radius 1 is 1.36 bits per heavy atom. The van der Waals surface area contributed by atoms with E-state index in [9.17, 15) is 0 Å². The van der Waals surface area contributed by atoms with Gasteiger partial charge in [0.15, 0.2) is 0 Å². The van der Waals surface area contributed by atoms with Gasteiger partial charge in [-0.1, -0.05) is 13.8 Å². The van der Waals surface area contributed by atoms with Gasteiger partial charge in [0.1, 0.15) is 0 Å². The Kier molecular flexibility index (Phi) is 8.61. The summed E-state index contributed by atoms with van der Waals surface area (Å²) in [5.74, 6) is 0. The molecule has 0 aliphatic heterocycles. The highest BCUT2D eigenvalue weighted by atomic mass is 15.1. The normalized spacial score (nSPS) is 12.8. The summed E-state index contributed by atoms with van der Waals surface area (Å²) in [4.78, 5) is 2.40. The van der Waals surface area contributed by atoms with Crippen LogP contribution in [0, 0.1) is 11.3 Å². The summed E-state index contributed by atoms with van der Waals surface area (Å²) in [6.45, 7) is 10.8. The van der Waals surface area contributed by atoms with Crippen LogP contribution < -0.4 is 5.32 Å². The van der Waals surface area contributed by atoms with E-state index in [1.807, 2.05) is 0 Å². The highest BCUT2D eigenvalue weighted by Crippen LogP contribution is 1.92. The molecule has 0 saturated heterocycles. The highest BCUT2D eigenvalue weighted by molar-refractivity contribution is 4.71. The molecule has 0 bridgehead atoms. The number of likely N-dealkylation sites (N-methyl/N-ethyl adjacent to an activating group) is 1. The summed E-state index contributed by atoms with van der Waals surface area (Å²) in [6.07, 6.45) is 1.62. The maximum absolute atomic E-state index is 8.37. The van der Waals surface area contributed by atoms with Crippen molar-refractivity contribution in [1.29, 1.82) is 5.26 Å². The lowest BCUT2D eigenvalue weighted by Gasteiger charge is -2.23. The molecule has 1 unspecified atom stereocenters. The SMILES string of the molecule is CCN(CC)CC(C)NCCCC#N. The van der Waals surface area contributed by atoms with E-state index in [4.69, 9.17) is 5.26 Å². The minimum Gasteiger partial charge on any atom is -0.313 e. The van der Waals surface area contributed by atoms with E-state index in [-0.39, 0.29) is 0 Å². The van der Waals surface area contributed by atoms with Gasteiger partial charge >= 0.3 is 0 Å². The second kappa shape index (κ2) is 8.98. The molecule has 0 fully saturated rings. The van der Waals surface area contributed by atoms with Gasteiger partial charge < -0.3 is 10.2 Å². The largest absolute Gasteiger partial charge is 0.313 e. The van der Waals surface area contributed by atoms with Gasteiger partial charge in [0.05, 0.1) is 6.07 Å². The number of hydrogen-bond donors (Lipinski definition) is 1. The van der Waals surface area contributed by atoms with Crippen LogP contribution in [-0.2, 0) is 0 Å². The second-order valence-corrected chi connectivity index (χ2v) is 3.60. The number of nitrogens with zero attached hydrogens (tertiary/aromatic N) is 2. The molecule has 0 aromatic heterocycles. The number of nitrogens with one attached hydrogen (secondary N) is 1. The lowest BCUT2D eigenvalue weighted by Crippen LogP contribution is -2.39. The van der Waals surface area contributed by atoms with E-state index in [0.717, 1.165) is 32.6 Å². The zero-order valence-electron chi connectivity index (χ0n) is 9.71. The fourth-order valence-electron chi connectivity index (χ4n) is 1.45. The van der Waals surface area contributed by atoms with Crippen LogP contribution in [0.25, 0.3) is 0 Å². The molecule has 14 heavy (non-hydrogen) atoms. The Labute approximate surface area is 88.1 Å². The van der Waals surface area contributed by atoms with Gasteiger partial charge in [0.2, 0.25) is 0 Å². The Morgan fingerprint density at radius 3 is 2.50 bits per heavy atom. The molecule has 0 radical (unpaired) electrons. The zero-order chi connectivity index (χ0) is 10.8. The molecule has 0 aromatic rings. The second-order valence-electron chi connectivity index (χ2n) is 3.60. The van der Waals surface area contributed by atoms with E-state index in [2.05, 4.69) is 37.1 Å². The summed E-state index contributed by atoms with van der Waals surface area (Å²) in [5, 5.41) is 11.8. The number of hydrogen-bond acceptors (Lipinski definition) is 3. The molecule has 0 amide bonds. The summed E-state index contributed by atoms with van der Waals surface area (Å²) >= 11 is 0. The number of nitriles is 1. The molecule has 0 spiro atoms. The highest BCUT2D eigenvalue weighted by Gasteiger charge is 2.05. The molecular formula is C11H23N3. The van der Waals surface area contributed by atoms with Crippen molar-refractivity contribution in [3.05, 3.63) is 0 Å². The average Bonchev–Trinajstić information content (AvgIpc) is 2.21. The zero-order valence-corrected chi connectivity index (χ0v) is 9.71. The van der Waals surface area contributed by atoms with Crippen molar-refractivity contribution in [1.82, 2.24) is 10.2 Å². The summed E-state index contributed by atoms with van der Waals surface area (Å²) < 4.78 is 0. The minimum absolute atomic E-state index is 0.522. The van der Waals surface area contributed by atoms with Crippen LogP contribution in [0.4, 0.5) is 0 Å². The van der Waals surface area contributed by atoms with Gasteiger partial charge in [-0.3, -0.25) is 0 Å². The van der Waals surface area contributed by atoms with Crippen molar-refractivity contribution in [3.63, 3.8) is 0 Å². The Hall–Kier alpha value is -0.590. The molecule has 3 nitrogen and oxygen atoms in total. The topological polar surface area (TPSA) is 39.1 Å². The molecule has 0 rings (SSSR count). The van der Waals surface area contributed by atoms with E-state index in [1.54, 1.807) is 0 Å². The minimum atomic E-state index is 0.522. The van der Waals surface area contributed by atoms with Crippen LogP contribution in [0.5, 0.6) is 0 Å². The quantitative estimate of drug-likeness (QED) is 0.601. The van der Waals surface area contributed by atoms with Crippen molar-refractivity contribution in [3.8, 4) is 6.07 Å². The molecule has 0 aliphatic rings. The first-order valence-electron chi connectivity index (χ1n) is 5.57. The van der Waals surface area contributed by atoms with E-state index in [1.165, 1.54) is 0 Å². The van der Waals surface area contributed by atoms with Gasteiger partial charge in [-0.2, -0.15) is 5.26 Å². The monoisotopic (exact) mass is 197 g/mol. The number of unbranched alkanes of at least 4 members (excludes halogenated alkanes) is 1. The van der Waals surface area contributed by atoms with Gasteiger partial charge in [-0.15, -0.1) is 0 Å². The van der Waals surface area contributed by atoms with Crippen molar-refractivity contribution in [2.75, 3.05) is 26.2 Å². The molecule has 0 aliphatic carbocycles. The predicted octanol–water partition coefficient (Wildman–Crippen LogP) is 1.61. The van der Waals surface area contributed by atoms with Crippen LogP contribution in [0.15, 0.2) is 0 Å². The fourth-order valence-corrected chi connectivity index (χ4v) is 1.45. The van der Waals surface area contributed by atoms with Crippen LogP contribution in [0.1, 0.15) is 33.6 Å². The molecule has 1 atom stereocenters. The van der Waals surface area contributed by atoms with Gasteiger partial charge in [0.25, 0.3) is 0 Å². The van der Waals surface area contributed by atoms with Crippen molar-refractivity contribution in [2.45, 2.75) is 39.7 Å². The Morgan fingerprint density at radius 2 is 2.00 bits per heavy atom. The van der Waals surface area contributed by atoms with E-state index >= 15 is 0 Å². The van der Waals surface area contributed by atoms with Crippen molar-refractivity contribution >= 4 is 0 Å². The average molecular weight is 197 g/mol. The van der Waals surface area contributed by atoms with Crippen molar-refractivity contribution in [2.24, 2.45) is 0 Å². The lowest BCUT2D eigenvalue weighted by molar-refractivity contribution is 0.271. The molecule has 1 N–H and O–H groups in total. The van der Waals surface area contributed by atoms with Gasteiger partial charge in [-0.25, -0.2) is 0 Å². The van der Waals surface area contributed by atoms with Crippen LogP contribution in [0.3, 0.4) is 0 Å². The van der Waals surface area contributed by atoms with Crippen molar-refractivity contribution < 1.29 is 0 Å². The summed E-state index contributed by atoms with van der Waals surface area (Å²) in [5.41, 5.74) is 0. The van der Waals surface area contributed by atoms with Crippen LogP contribution in [-0.4, -0.2) is 37.1 Å². The first kappa shape index (κ1) is 13.4. The maximum atomic E-state index is 8.37. The Bertz CT molecular complexity index is 158. The molecule has 82 valence electrons. The molecule has 0 heterocycles. The molecule has 3 heteroatoms. The molecular weight excluding hydrogens is 174 g/mol. The third-order valence-corrected chi connectivity index (χ3v) is 2.38. The number of rotatable bonds is 8. The summed E-state index contributed by atoms with van der Waals surface area (Å²) in [6, 6.07) is 2.68. The third-order valence-electron chi connectivity index (χ3n) is 2.38. The van der Waals surface area contributed by atoms with E-state index in [0.29, 0.717) is 12.5 Å². The summed E-state index contributed by atoms with van der Waals surface area (Å²) in [7, 11) is 0. The molecule has 0 saturated carbocycles. The predicted molar refractivity (Wildman–Crippen MR) is 60.1 cm³/mol. The maximum Gasteiger partial charge on any atom is 0.0622 e. The van der Waals surface area contributed by atoms with Crippen LogP contribution in [0.2, 0.25) is 0 Å². The first-order chi connectivity index (χ1) is 6.74. The van der Waals surface area contributed by atoms with Gasteiger partial charge in [0, 0.05) is 19.0 Å². The Balaban J connectivity index is 3.44. The third kappa shape index (κ3) is 6.88. The molecule has 0 aromatic carbocycles. The van der Waals surface area contributed by atoms with Gasteiger partial charge in [-0.05, 0) is 33.0 Å². The lowest BCUT2D eigenvalue weighted by atomic mass is 10.2. The van der Waals surface area contributed by atoms with E-state index < -0.39 is 0 Å².